The molecular formula is C14H22N4O. The van der Waals surface area contributed by atoms with E-state index in [0.29, 0.717) is 11.5 Å². The fourth-order valence-electron chi connectivity index (χ4n) is 2.50. The quantitative estimate of drug-likeness (QED) is 0.887. The van der Waals surface area contributed by atoms with Gasteiger partial charge in [0, 0.05) is 13.1 Å². The summed E-state index contributed by atoms with van der Waals surface area (Å²) >= 11 is 0. The van der Waals surface area contributed by atoms with Crippen molar-refractivity contribution in [2.45, 2.75) is 33.1 Å². The smallest absolute Gasteiger partial charge is 0.255 e. The zero-order valence-electron chi connectivity index (χ0n) is 11.7. The van der Waals surface area contributed by atoms with E-state index in [1.807, 2.05) is 24.8 Å². The maximum Gasteiger partial charge on any atom is 0.255 e. The average Bonchev–Trinajstić information content (AvgIpc) is 2.46. The molecule has 0 atom stereocenters. The summed E-state index contributed by atoms with van der Waals surface area (Å²) in [7, 11) is 0. The molecule has 5 nitrogen and oxygen atoms in total. The number of carbonyl (C=O) groups excluding carboxylic acids is 1. The first-order chi connectivity index (χ1) is 9.15. The molecule has 0 spiro atoms. The van der Waals surface area contributed by atoms with Gasteiger partial charge < -0.3 is 10.6 Å². The topological polar surface area (TPSA) is 72.1 Å². The lowest BCUT2D eigenvalue weighted by molar-refractivity contribution is 0.0691. The summed E-state index contributed by atoms with van der Waals surface area (Å²) in [5.41, 5.74) is 7.97. The average molecular weight is 262 g/mol. The standard InChI is InChI=1S/C14H22N4O/c1-3-13-12(8-10(2)16-17-13)14(19)18-6-4-11(9-15)5-7-18/h8,11H,3-7,9,15H2,1-2H3. The monoisotopic (exact) mass is 262 g/mol. The minimum absolute atomic E-state index is 0.0883. The van der Waals surface area contributed by atoms with E-state index in [2.05, 4.69) is 10.2 Å². The van der Waals surface area contributed by atoms with Gasteiger partial charge in [0.25, 0.3) is 5.91 Å². The van der Waals surface area contributed by atoms with Gasteiger partial charge in [-0.05, 0) is 44.7 Å². The summed E-state index contributed by atoms with van der Waals surface area (Å²) in [6.07, 6.45) is 2.73. The number of aryl methyl sites for hydroxylation is 2. The summed E-state index contributed by atoms with van der Waals surface area (Å²) < 4.78 is 0. The van der Waals surface area contributed by atoms with Gasteiger partial charge in [-0.2, -0.15) is 10.2 Å². The van der Waals surface area contributed by atoms with Crippen LogP contribution in [0.2, 0.25) is 0 Å². The highest BCUT2D eigenvalue weighted by Gasteiger charge is 2.24. The van der Waals surface area contributed by atoms with E-state index in [1.54, 1.807) is 0 Å². The highest BCUT2D eigenvalue weighted by Crippen LogP contribution is 2.19. The molecule has 0 aromatic carbocycles. The van der Waals surface area contributed by atoms with Crippen molar-refractivity contribution in [3.8, 4) is 0 Å². The Balaban J connectivity index is 2.14. The van der Waals surface area contributed by atoms with Crippen LogP contribution in [0.25, 0.3) is 0 Å². The number of hydrogen-bond acceptors (Lipinski definition) is 4. The molecule has 2 heterocycles. The molecule has 2 N–H and O–H groups in total. The normalized spacial score (nSPS) is 16.7. The van der Waals surface area contributed by atoms with Crippen molar-refractivity contribution in [3.63, 3.8) is 0 Å². The third-order valence-corrected chi connectivity index (χ3v) is 3.79. The van der Waals surface area contributed by atoms with Crippen LogP contribution >= 0.6 is 0 Å². The molecule has 0 radical (unpaired) electrons. The van der Waals surface area contributed by atoms with Crippen molar-refractivity contribution in [2.24, 2.45) is 11.7 Å². The number of nitrogens with two attached hydrogens (primary N) is 1. The van der Waals surface area contributed by atoms with Gasteiger partial charge in [0.15, 0.2) is 0 Å². The fraction of sp³-hybridized carbons (Fsp3) is 0.643. The first-order valence-electron chi connectivity index (χ1n) is 6.98. The van der Waals surface area contributed by atoms with Crippen LogP contribution in [0.4, 0.5) is 0 Å². The Morgan fingerprint density at radius 2 is 2.11 bits per heavy atom. The van der Waals surface area contributed by atoms with Gasteiger partial charge in [-0.3, -0.25) is 4.79 Å². The Morgan fingerprint density at radius 1 is 1.42 bits per heavy atom. The molecule has 0 saturated carbocycles. The van der Waals surface area contributed by atoms with E-state index >= 15 is 0 Å². The number of hydrogen-bond donors (Lipinski definition) is 1. The summed E-state index contributed by atoms with van der Waals surface area (Å²) in [5, 5.41) is 8.15. The van der Waals surface area contributed by atoms with E-state index in [4.69, 9.17) is 5.73 Å². The predicted octanol–water partition coefficient (Wildman–Crippen LogP) is 1.16. The molecular weight excluding hydrogens is 240 g/mol. The fourth-order valence-corrected chi connectivity index (χ4v) is 2.50. The second kappa shape index (κ2) is 6.10. The minimum Gasteiger partial charge on any atom is -0.339 e. The van der Waals surface area contributed by atoms with Gasteiger partial charge in [0.1, 0.15) is 0 Å². The predicted molar refractivity (Wildman–Crippen MR) is 73.8 cm³/mol. The van der Waals surface area contributed by atoms with Crippen molar-refractivity contribution in [1.29, 1.82) is 0 Å². The molecule has 1 aliphatic rings. The number of aromatic nitrogens is 2. The van der Waals surface area contributed by atoms with Crippen LogP contribution in [-0.2, 0) is 6.42 Å². The molecule has 0 bridgehead atoms. The summed E-state index contributed by atoms with van der Waals surface area (Å²) in [5.74, 6) is 0.650. The van der Waals surface area contributed by atoms with Crippen molar-refractivity contribution in [1.82, 2.24) is 15.1 Å². The zero-order valence-corrected chi connectivity index (χ0v) is 11.7. The van der Waals surface area contributed by atoms with Gasteiger partial charge in [-0.25, -0.2) is 0 Å². The first kappa shape index (κ1) is 13.9. The van der Waals surface area contributed by atoms with Crippen LogP contribution in [0, 0.1) is 12.8 Å². The number of rotatable bonds is 3. The molecule has 104 valence electrons. The lowest BCUT2D eigenvalue weighted by Gasteiger charge is -2.31. The highest BCUT2D eigenvalue weighted by molar-refractivity contribution is 5.95. The largest absolute Gasteiger partial charge is 0.339 e. The van der Waals surface area contributed by atoms with Crippen LogP contribution in [0.1, 0.15) is 41.5 Å². The SMILES string of the molecule is CCc1nnc(C)cc1C(=O)N1CCC(CN)CC1. The molecule has 1 amide bonds. The Kier molecular flexibility index (Phi) is 4.47. The number of nitrogens with zero attached hydrogens (tertiary/aromatic N) is 3. The molecule has 1 saturated heterocycles. The summed E-state index contributed by atoms with van der Waals surface area (Å²) in [6.45, 7) is 6.18. The van der Waals surface area contributed by atoms with Crippen LogP contribution in [0.5, 0.6) is 0 Å². The van der Waals surface area contributed by atoms with E-state index in [9.17, 15) is 4.79 Å². The second-order valence-corrected chi connectivity index (χ2v) is 5.17. The maximum absolute atomic E-state index is 12.6. The van der Waals surface area contributed by atoms with Gasteiger partial charge >= 0.3 is 0 Å². The molecule has 5 heteroatoms. The van der Waals surface area contributed by atoms with Crippen molar-refractivity contribution in [3.05, 3.63) is 23.0 Å². The molecule has 2 rings (SSSR count). The molecule has 1 fully saturated rings. The lowest BCUT2D eigenvalue weighted by Crippen LogP contribution is -2.40. The lowest BCUT2D eigenvalue weighted by atomic mass is 9.96. The zero-order chi connectivity index (χ0) is 13.8. The number of amides is 1. The van der Waals surface area contributed by atoms with Gasteiger partial charge in [-0.15, -0.1) is 0 Å². The first-order valence-corrected chi connectivity index (χ1v) is 6.98. The molecule has 1 aliphatic heterocycles. The van der Waals surface area contributed by atoms with E-state index in [0.717, 1.165) is 50.3 Å². The van der Waals surface area contributed by atoms with Gasteiger partial charge in [0.2, 0.25) is 0 Å². The second-order valence-electron chi connectivity index (χ2n) is 5.17. The molecule has 1 aromatic heterocycles. The summed E-state index contributed by atoms with van der Waals surface area (Å²) in [4.78, 5) is 14.5. The minimum atomic E-state index is 0.0883. The van der Waals surface area contributed by atoms with Crippen LogP contribution < -0.4 is 5.73 Å². The Labute approximate surface area is 114 Å². The van der Waals surface area contributed by atoms with Gasteiger partial charge in [-0.1, -0.05) is 6.92 Å². The molecule has 0 unspecified atom stereocenters. The highest BCUT2D eigenvalue weighted by atomic mass is 16.2. The van der Waals surface area contributed by atoms with Crippen LogP contribution in [0.3, 0.4) is 0 Å². The third-order valence-electron chi connectivity index (χ3n) is 3.79. The molecule has 1 aromatic rings. The van der Waals surface area contributed by atoms with Crippen molar-refractivity contribution >= 4 is 5.91 Å². The molecule has 0 aliphatic carbocycles. The van der Waals surface area contributed by atoms with Crippen LogP contribution in [-0.4, -0.2) is 40.6 Å². The maximum atomic E-state index is 12.6. The Bertz CT molecular complexity index is 453. The van der Waals surface area contributed by atoms with E-state index in [1.165, 1.54) is 0 Å². The molecule has 19 heavy (non-hydrogen) atoms. The Hall–Kier alpha value is -1.49. The van der Waals surface area contributed by atoms with Crippen molar-refractivity contribution in [2.75, 3.05) is 19.6 Å². The van der Waals surface area contributed by atoms with Crippen molar-refractivity contribution < 1.29 is 4.79 Å². The third kappa shape index (κ3) is 3.10. The number of piperidine rings is 1. The van der Waals surface area contributed by atoms with E-state index in [-0.39, 0.29) is 5.91 Å². The van der Waals surface area contributed by atoms with Crippen LogP contribution in [0.15, 0.2) is 6.07 Å². The number of likely N-dealkylation sites (tertiary alicyclic amines) is 1. The Morgan fingerprint density at radius 3 is 2.68 bits per heavy atom. The number of carbonyl (C=O) groups is 1. The van der Waals surface area contributed by atoms with E-state index < -0.39 is 0 Å². The van der Waals surface area contributed by atoms with Gasteiger partial charge in [0.05, 0.1) is 17.0 Å². The summed E-state index contributed by atoms with van der Waals surface area (Å²) in [6, 6.07) is 1.85.